The quantitative estimate of drug-likeness (QED) is 0.796. The highest BCUT2D eigenvalue weighted by atomic mass is 16.5. The zero-order valence-corrected chi connectivity index (χ0v) is 10.4. The van der Waals surface area contributed by atoms with Crippen LogP contribution in [0.15, 0.2) is 24.5 Å². The molecule has 1 unspecified atom stereocenters. The molecule has 3 heteroatoms. The van der Waals surface area contributed by atoms with Gasteiger partial charge >= 0.3 is 5.97 Å². The third-order valence-corrected chi connectivity index (χ3v) is 2.66. The summed E-state index contributed by atoms with van der Waals surface area (Å²) in [6, 6.07) is 5.77. The Balaban J connectivity index is 2.98. The normalized spacial score (nSPS) is 12.6. The maximum atomic E-state index is 11.0. The van der Waals surface area contributed by atoms with E-state index in [-0.39, 0.29) is 0 Å². The highest BCUT2D eigenvalue weighted by Crippen LogP contribution is 2.21. The molecule has 0 amide bonds. The van der Waals surface area contributed by atoms with Crippen molar-refractivity contribution < 1.29 is 14.6 Å². The number of carbonyl (C=O) groups is 1. The topological polar surface area (TPSA) is 46.5 Å². The Bertz CT molecular complexity index is 421. The first-order chi connectivity index (χ1) is 8.06. The summed E-state index contributed by atoms with van der Waals surface area (Å²) >= 11 is 0. The van der Waals surface area contributed by atoms with Crippen molar-refractivity contribution in [3.05, 3.63) is 41.2 Å². The second-order valence-electron chi connectivity index (χ2n) is 3.93. The molecule has 0 fully saturated rings. The molecule has 3 nitrogen and oxygen atoms in total. The van der Waals surface area contributed by atoms with Crippen molar-refractivity contribution in [2.75, 3.05) is 6.61 Å². The van der Waals surface area contributed by atoms with Crippen LogP contribution < -0.4 is 0 Å². The highest BCUT2D eigenvalue weighted by molar-refractivity contribution is 5.76. The van der Waals surface area contributed by atoms with Crippen LogP contribution in [0.4, 0.5) is 0 Å². The number of rotatable bonds is 5. The molecule has 92 valence electrons. The van der Waals surface area contributed by atoms with E-state index in [0.717, 1.165) is 16.7 Å². The average molecular weight is 234 g/mol. The van der Waals surface area contributed by atoms with E-state index in [1.54, 1.807) is 13.2 Å². The van der Waals surface area contributed by atoms with Gasteiger partial charge in [-0.05, 0) is 43.5 Å². The molecule has 0 saturated carbocycles. The van der Waals surface area contributed by atoms with Crippen LogP contribution in [0.3, 0.4) is 0 Å². The van der Waals surface area contributed by atoms with Gasteiger partial charge in [0.05, 0.1) is 18.8 Å². The summed E-state index contributed by atoms with van der Waals surface area (Å²) < 4.78 is 5.12. The maximum absolute atomic E-state index is 11.0. The molecule has 0 radical (unpaired) electrons. The van der Waals surface area contributed by atoms with E-state index in [0.29, 0.717) is 6.61 Å². The summed E-state index contributed by atoms with van der Waals surface area (Å²) in [5.74, 6) is -1.30. The fraction of sp³-hybridized carbons (Fsp3) is 0.357. The molecule has 0 spiro atoms. The Morgan fingerprint density at radius 2 is 2.24 bits per heavy atom. The lowest BCUT2D eigenvalue weighted by molar-refractivity contribution is -0.138. The van der Waals surface area contributed by atoms with Gasteiger partial charge in [-0.2, -0.15) is 0 Å². The second kappa shape index (κ2) is 6.09. The molecule has 1 aromatic rings. The molecule has 1 N–H and O–H groups in total. The van der Waals surface area contributed by atoms with Crippen molar-refractivity contribution in [2.45, 2.75) is 26.7 Å². The van der Waals surface area contributed by atoms with Gasteiger partial charge in [0.15, 0.2) is 0 Å². The number of carboxylic acids is 1. The first-order valence-electron chi connectivity index (χ1n) is 5.67. The lowest BCUT2D eigenvalue weighted by Gasteiger charge is -2.11. The van der Waals surface area contributed by atoms with Gasteiger partial charge in [0, 0.05) is 0 Å². The zero-order valence-electron chi connectivity index (χ0n) is 10.4. The minimum absolute atomic E-state index is 0.490. The van der Waals surface area contributed by atoms with E-state index in [1.807, 2.05) is 38.1 Å². The maximum Gasteiger partial charge on any atom is 0.310 e. The van der Waals surface area contributed by atoms with Crippen LogP contribution in [0.2, 0.25) is 0 Å². The van der Waals surface area contributed by atoms with Crippen LogP contribution in [0.25, 0.3) is 6.08 Å². The number of carboxylic acid groups (broad SMARTS) is 1. The van der Waals surface area contributed by atoms with Crippen molar-refractivity contribution in [3.63, 3.8) is 0 Å². The fourth-order valence-electron chi connectivity index (χ4n) is 1.59. The van der Waals surface area contributed by atoms with E-state index in [4.69, 9.17) is 9.84 Å². The minimum atomic E-state index is -0.806. The monoisotopic (exact) mass is 234 g/mol. The van der Waals surface area contributed by atoms with Gasteiger partial charge in [-0.3, -0.25) is 4.79 Å². The van der Waals surface area contributed by atoms with E-state index >= 15 is 0 Å². The van der Waals surface area contributed by atoms with E-state index < -0.39 is 11.9 Å². The lowest BCUT2D eigenvalue weighted by Crippen LogP contribution is -2.09. The first kappa shape index (κ1) is 13.3. The van der Waals surface area contributed by atoms with E-state index in [1.165, 1.54) is 0 Å². The molecule has 1 atom stereocenters. The SMILES string of the molecule is CCO/C=C/c1ccc(C)c(C(C)C(=O)O)c1. The van der Waals surface area contributed by atoms with Crippen LogP contribution in [-0.2, 0) is 9.53 Å². The third-order valence-electron chi connectivity index (χ3n) is 2.66. The molecule has 1 rings (SSSR count). The second-order valence-corrected chi connectivity index (χ2v) is 3.93. The molecular formula is C14H18O3. The van der Waals surface area contributed by atoms with E-state index in [2.05, 4.69) is 0 Å². The summed E-state index contributed by atoms with van der Waals surface area (Å²) in [5, 5.41) is 9.02. The molecule has 0 aliphatic rings. The molecule has 0 heterocycles. The minimum Gasteiger partial charge on any atom is -0.501 e. The Hall–Kier alpha value is -1.77. The van der Waals surface area contributed by atoms with Crippen molar-refractivity contribution in [3.8, 4) is 0 Å². The van der Waals surface area contributed by atoms with Gasteiger partial charge < -0.3 is 9.84 Å². The zero-order chi connectivity index (χ0) is 12.8. The molecule has 0 aliphatic carbocycles. The van der Waals surface area contributed by atoms with Gasteiger partial charge in [-0.25, -0.2) is 0 Å². The number of aliphatic carboxylic acids is 1. The predicted molar refractivity (Wildman–Crippen MR) is 67.9 cm³/mol. The first-order valence-corrected chi connectivity index (χ1v) is 5.67. The largest absolute Gasteiger partial charge is 0.501 e. The van der Waals surface area contributed by atoms with Crippen molar-refractivity contribution >= 4 is 12.0 Å². The lowest BCUT2D eigenvalue weighted by atomic mass is 9.94. The van der Waals surface area contributed by atoms with Crippen LogP contribution in [0, 0.1) is 6.92 Å². The number of ether oxygens (including phenoxy) is 1. The van der Waals surface area contributed by atoms with Crippen LogP contribution in [-0.4, -0.2) is 17.7 Å². The van der Waals surface area contributed by atoms with E-state index in [9.17, 15) is 4.79 Å². The molecule has 1 aromatic carbocycles. The summed E-state index contributed by atoms with van der Waals surface area (Å²) in [7, 11) is 0. The molecule has 0 saturated heterocycles. The van der Waals surface area contributed by atoms with Gasteiger partial charge in [0.25, 0.3) is 0 Å². The number of hydrogen-bond donors (Lipinski definition) is 1. The average Bonchev–Trinajstić information content (AvgIpc) is 2.30. The van der Waals surface area contributed by atoms with Gasteiger partial charge in [0.1, 0.15) is 0 Å². The molecular weight excluding hydrogens is 216 g/mol. The molecule has 0 aromatic heterocycles. The van der Waals surface area contributed by atoms with Gasteiger partial charge in [-0.15, -0.1) is 0 Å². The Morgan fingerprint density at radius 1 is 1.53 bits per heavy atom. The van der Waals surface area contributed by atoms with Gasteiger partial charge in [0.2, 0.25) is 0 Å². The predicted octanol–water partition coefficient (Wildman–Crippen LogP) is 3.19. The standard InChI is InChI=1S/C14H18O3/c1-4-17-8-7-12-6-5-10(2)13(9-12)11(3)14(15)16/h5-9,11H,4H2,1-3H3,(H,15,16)/b8-7+. The Morgan fingerprint density at radius 3 is 2.82 bits per heavy atom. The number of aryl methyl sites for hydroxylation is 1. The van der Waals surface area contributed by atoms with Gasteiger partial charge in [-0.1, -0.05) is 18.2 Å². The summed E-state index contributed by atoms with van der Waals surface area (Å²) in [6.07, 6.45) is 3.46. The molecule has 0 aliphatic heterocycles. The Labute approximate surface area is 102 Å². The summed E-state index contributed by atoms with van der Waals surface area (Å²) in [6.45, 7) is 6.16. The number of hydrogen-bond acceptors (Lipinski definition) is 2. The summed E-state index contributed by atoms with van der Waals surface area (Å²) in [4.78, 5) is 11.0. The fourth-order valence-corrected chi connectivity index (χ4v) is 1.59. The van der Waals surface area contributed by atoms with Crippen molar-refractivity contribution in [1.29, 1.82) is 0 Å². The van der Waals surface area contributed by atoms with Crippen LogP contribution in [0.1, 0.15) is 36.5 Å². The Kier molecular flexibility index (Phi) is 4.76. The molecule has 17 heavy (non-hydrogen) atoms. The smallest absolute Gasteiger partial charge is 0.310 e. The summed E-state index contributed by atoms with van der Waals surface area (Å²) in [5.41, 5.74) is 2.79. The molecule has 0 bridgehead atoms. The van der Waals surface area contributed by atoms with Crippen molar-refractivity contribution in [2.24, 2.45) is 0 Å². The van der Waals surface area contributed by atoms with Crippen molar-refractivity contribution in [1.82, 2.24) is 0 Å². The van der Waals surface area contributed by atoms with Crippen LogP contribution >= 0.6 is 0 Å². The third kappa shape index (κ3) is 3.63. The number of benzene rings is 1. The highest BCUT2D eigenvalue weighted by Gasteiger charge is 2.15. The van der Waals surface area contributed by atoms with Crippen LogP contribution in [0.5, 0.6) is 0 Å².